The Morgan fingerprint density at radius 3 is 2.30 bits per heavy atom. The first-order valence-electron chi connectivity index (χ1n) is 7.35. The van der Waals surface area contributed by atoms with Gasteiger partial charge in [0.1, 0.15) is 25.6 Å². The Kier molecular flexibility index (Phi) is 5.01. The van der Waals surface area contributed by atoms with Crippen LogP contribution < -0.4 is 4.72 Å². The van der Waals surface area contributed by atoms with E-state index in [0.29, 0.717) is 11.1 Å². The third-order valence-electron chi connectivity index (χ3n) is 3.59. The van der Waals surface area contributed by atoms with E-state index < -0.39 is 21.7 Å². The third kappa shape index (κ3) is 4.00. The van der Waals surface area contributed by atoms with Gasteiger partial charge in [-0.15, -0.1) is 11.3 Å². The number of anilines is 1. The van der Waals surface area contributed by atoms with Gasteiger partial charge >= 0.3 is 5.97 Å². The SMILES string of the molecule is O=C(O)c1ccc(NS(=O)(=O)c2cc(-c3ccc(O)cc3)c(Cl)s2)cc1O. The number of rotatable bonds is 5. The summed E-state index contributed by atoms with van der Waals surface area (Å²) in [5, 5.41) is 27.9. The first-order chi connectivity index (χ1) is 12.7. The van der Waals surface area contributed by atoms with Crippen LogP contribution in [0, 0.1) is 0 Å². The largest absolute Gasteiger partial charge is 0.508 e. The molecule has 140 valence electrons. The Morgan fingerprint density at radius 1 is 1.04 bits per heavy atom. The van der Waals surface area contributed by atoms with E-state index in [9.17, 15) is 23.4 Å². The summed E-state index contributed by atoms with van der Waals surface area (Å²) in [6.07, 6.45) is 0. The van der Waals surface area contributed by atoms with Crippen molar-refractivity contribution in [2.45, 2.75) is 4.21 Å². The quantitative estimate of drug-likeness (QED) is 0.490. The van der Waals surface area contributed by atoms with E-state index in [0.717, 1.165) is 23.5 Å². The lowest BCUT2D eigenvalue weighted by Gasteiger charge is -2.07. The molecule has 0 fully saturated rings. The highest BCUT2D eigenvalue weighted by molar-refractivity contribution is 7.94. The predicted molar refractivity (Wildman–Crippen MR) is 102 cm³/mol. The Hall–Kier alpha value is -2.75. The minimum Gasteiger partial charge on any atom is -0.508 e. The molecule has 0 aliphatic rings. The number of carboxylic acids is 1. The van der Waals surface area contributed by atoms with Crippen LogP contribution in [0.4, 0.5) is 5.69 Å². The number of hydrogen-bond acceptors (Lipinski definition) is 6. The number of carboxylic acid groups (broad SMARTS) is 1. The molecule has 0 saturated heterocycles. The van der Waals surface area contributed by atoms with Crippen molar-refractivity contribution in [3.05, 3.63) is 58.4 Å². The van der Waals surface area contributed by atoms with Gasteiger partial charge in [0.25, 0.3) is 10.0 Å². The summed E-state index contributed by atoms with van der Waals surface area (Å²) in [4.78, 5) is 10.9. The Balaban J connectivity index is 1.92. The zero-order valence-corrected chi connectivity index (χ0v) is 15.8. The first-order valence-corrected chi connectivity index (χ1v) is 10.0. The molecule has 0 bridgehead atoms. The molecule has 0 unspecified atom stereocenters. The third-order valence-corrected chi connectivity index (χ3v) is 6.80. The second kappa shape index (κ2) is 7.10. The number of hydrogen-bond donors (Lipinski definition) is 4. The van der Waals surface area contributed by atoms with E-state index in [1.807, 2.05) is 0 Å². The van der Waals surface area contributed by atoms with E-state index in [1.54, 1.807) is 12.1 Å². The van der Waals surface area contributed by atoms with Crippen LogP contribution in [0.5, 0.6) is 11.5 Å². The predicted octanol–water partition coefficient (Wildman–Crippen LogP) is 3.98. The van der Waals surface area contributed by atoms with Crippen LogP contribution in [0.25, 0.3) is 11.1 Å². The van der Waals surface area contributed by atoms with Gasteiger partial charge < -0.3 is 15.3 Å². The molecule has 4 N–H and O–H groups in total. The second-order valence-corrected chi connectivity index (χ2v) is 9.01. The average Bonchev–Trinajstić information content (AvgIpc) is 2.98. The summed E-state index contributed by atoms with van der Waals surface area (Å²) in [6, 6.07) is 10.9. The van der Waals surface area contributed by atoms with Gasteiger partial charge in [0, 0.05) is 11.6 Å². The fourth-order valence-electron chi connectivity index (χ4n) is 2.30. The molecule has 1 aromatic heterocycles. The van der Waals surface area contributed by atoms with E-state index >= 15 is 0 Å². The molecule has 0 atom stereocenters. The molecule has 3 aromatic rings. The fraction of sp³-hybridized carbons (Fsp3) is 0. The summed E-state index contributed by atoms with van der Waals surface area (Å²) in [5.41, 5.74) is 0.796. The molecule has 2 aromatic carbocycles. The van der Waals surface area contributed by atoms with Gasteiger partial charge in [-0.25, -0.2) is 13.2 Å². The van der Waals surface area contributed by atoms with E-state index in [2.05, 4.69) is 4.72 Å². The van der Waals surface area contributed by atoms with Crippen LogP contribution in [0.15, 0.2) is 52.7 Å². The standard InChI is InChI=1S/C17H12ClNO6S2/c18-16-13(9-1-4-11(20)5-2-9)8-15(26-16)27(24,25)19-10-3-6-12(17(22)23)14(21)7-10/h1-8,19-21H,(H,22,23). The van der Waals surface area contributed by atoms with Crippen molar-refractivity contribution in [1.29, 1.82) is 0 Å². The lowest BCUT2D eigenvalue weighted by molar-refractivity contribution is 0.0694. The molecule has 0 saturated carbocycles. The van der Waals surface area contributed by atoms with Gasteiger partial charge in [0.15, 0.2) is 0 Å². The number of sulfonamides is 1. The number of phenols is 2. The highest BCUT2D eigenvalue weighted by Gasteiger charge is 2.21. The summed E-state index contributed by atoms with van der Waals surface area (Å²) >= 11 is 7.02. The van der Waals surface area contributed by atoms with Crippen LogP contribution in [0.2, 0.25) is 4.34 Å². The van der Waals surface area contributed by atoms with Crippen molar-refractivity contribution in [2.75, 3.05) is 4.72 Å². The molecule has 27 heavy (non-hydrogen) atoms. The highest BCUT2D eigenvalue weighted by Crippen LogP contribution is 2.39. The number of thiophene rings is 1. The number of halogens is 1. The van der Waals surface area contributed by atoms with E-state index in [1.165, 1.54) is 24.3 Å². The van der Waals surface area contributed by atoms with Crippen LogP contribution in [-0.4, -0.2) is 29.7 Å². The number of nitrogens with one attached hydrogen (secondary N) is 1. The van der Waals surface area contributed by atoms with Crippen LogP contribution >= 0.6 is 22.9 Å². The number of aromatic hydroxyl groups is 2. The molecule has 0 amide bonds. The molecule has 10 heteroatoms. The first kappa shape index (κ1) is 19.0. The van der Waals surface area contributed by atoms with Crippen LogP contribution in [0.1, 0.15) is 10.4 Å². The normalized spacial score (nSPS) is 11.3. The molecule has 7 nitrogen and oxygen atoms in total. The molecule has 0 aliphatic heterocycles. The summed E-state index contributed by atoms with van der Waals surface area (Å²) in [5.74, 6) is -1.81. The average molecular weight is 426 g/mol. The maximum atomic E-state index is 12.6. The molecule has 1 heterocycles. The van der Waals surface area contributed by atoms with Crippen LogP contribution in [0.3, 0.4) is 0 Å². The topological polar surface area (TPSA) is 124 Å². The van der Waals surface area contributed by atoms with E-state index in [-0.39, 0.29) is 25.5 Å². The minimum atomic E-state index is -4.00. The fourth-order valence-corrected chi connectivity index (χ4v) is 5.11. The second-order valence-electron chi connectivity index (χ2n) is 5.44. The maximum Gasteiger partial charge on any atom is 0.339 e. The van der Waals surface area contributed by atoms with Crippen molar-refractivity contribution in [3.63, 3.8) is 0 Å². The zero-order chi connectivity index (χ0) is 19.8. The Labute approximate surface area is 163 Å². The van der Waals surface area contributed by atoms with Crippen molar-refractivity contribution in [2.24, 2.45) is 0 Å². The Bertz CT molecular complexity index is 1120. The van der Waals surface area contributed by atoms with Crippen molar-refractivity contribution in [3.8, 4) is 22.6 Å². The van der Waals surface area contributed by atoms with Gasteiger partial charge in [0.05, 0.1) is 5.69 Å². The van der Waals surface area contributed by atoms with Crippen LogP contribution in [-0.2, 0) is 10.0 Å². The van der Waals surface area contributed by atoms with Crippen molar-refractivity contribution < 1.29 is 28.5 Å². The van der Waals surface area contributed by atoms with Gasteiger partial charge in [-0.05, 0) is 35.9 Å². The van der Waals surface area contributed by atoms with E-state index in [4.69, 9.17) is 16.7 Å². The minimum absolute atomic E-state index is 0.00760. The van der Waals surface area contributed by atoms with Gasteiger partial charge in [-0.1, -0.05) is 23.7 Å². The number of benzene rings is 2. The number of carbonyl (C=O) groups is 1. The molecule has 0 aliphatic carbocycles. The summed E-state index contributed by atoms with van der Waals surface area (Å²) < 4.78 is 27.6. The summed E-state index contributed by atoms with van der Waals surface area (Å²) in [6.45, 7) is 0. The molecule has 0 radical (unpaired) electrons. The Morgan fingerprint density at radius 2 is 1.70 bits per heavy atom. The van der Waals surface area contributed by atoms with Gasteiger partial charge in [0.2, 0.25) is 0 Å². The number of aromatic carboxylic acids is 1. The molecular weight excluding hydrogens is 414 g/mol. The van der Waals surface area contributed by atoms with Crippen molar-refractivity contribution in [1.82, 2.24) is 0 Å². The smallest absolute Gasteiger partial charge is 0.339 e. The summed E-state index contributed by atoms with van der Waals surface area (Å²) in [7, 11) is -4.00. The number of phenolic OH excluding ortho intramolecular Hbond substituents is 1. The van der Waals surface area contributed by atoms with Gasteiger partial charge in [-0.2, -0.15) is 0 Å². The van der Waals surface area contributed by atoms with Gasteiger partial charge in [-0.3, -0.25) is 4.72 Å². The molecule has 0 spiro atoms. The van der Waals surface area contributed by atoms with Crippen molar-refractivity contribution >= 4 is 44.6 Å². The maximum absolute atomic E-state index is 12.6. The lowest BCUT2D eigenvalue weighted by atomic mass is 10.1. The zero-order valence-electron chi connectivity index (χ0n) is 13.4. The molecular formula is C17H12ClNO6S2. The molecule has 3 rings (SSSR count). The monoisotopic (exact) mass is 425 g/mol. The lowest BCUT2D eigenvalue weighted by Crippen LogP contribution is -2.11. The highest BCUT2D eigenvalue weighted by atomic mass is 35.5.